The normalized spacial score (nSPS) is 16.5. The van der Waals surface area contributed by atoms with Gasteiger partial charge in [0, 0.05) is 81.6 Å². The smallest absolute Gasteiger partial charge is 0.258 e. The number of ether oxygens (including phenoxy) is 1. The maximum atomic E-state index is 13.7. The highest BCUT2D eigenvalue weighted by Gasteiger charge is 2.32. The molecular formula is C26H30F2N6O4S. The van der Waals surface area contributed by atoms with Gasteiger partial charge < -0.3 is 20.3 Å². The Bertz CT molecular complexity index is 1470. The average Bonchev–Trinajstić information content (AvgIpc) is 3.30. The number of amides is 1. The summed E-state index contributed by atoms with van der Waals surface area (Å²) in [6, 6.07) is 7.85. The number of benzene rings is 2. The van der Waals surface area contributed by atoms with Gasteiger partial charge in [-0.1, -0.05) is 0 Å². The predicted molar refractivity (Wildman–Crippen MR) is 142 cm³/mol. The number of carbonyl (C=O) groups excluding carboxylic acids is 1. The summed E-state index contributed by atoms with van der Waals surface area (Å²) in [6.45, 7) is 1.27. The Kier molecular flexibility index (Phi) is 7.56. The number of hydrogen-bond acceptors (Lipinski definition) is 7. The molecule has 1 aromatic heterocycles. The summed E-state index contributed by atoms with van der Waals surface area (Å²) in [5.41, 5.74) is 3.20. The zero-order valence-electron chi connectivity index (χ0n) is 21.6. The molecule has 3 heterocycles. The van der Waals surface area contributed by atoms with E-state index >= 15 is 0 Å². The van der Waals surface area contributed by atoms with Crippen molar-refractivity contribution in [1.82, 2.24) is 14.5 Å². The second-order valence-electron chi connectivity index (χ2n) is 9.83. The first-order chi connectivity index (χ1) is 18.6. The minimum Gasteiger partial charge on any atom is -0.381 e. The fourth-order valence-electron chi connectivity index (χ4n) is 4.77. The maximum absolute atomic E-state index is 13.7. The highest BCUT2D eigenvalue weighted by Crippen LogP contribution is 2.30. The number of H-pyrrole nitrogens is 1. The molecule has 1 saturated heterocycles. The third-order valence-electron chi connectivity index (χ3n) is 6.95. The van der Waals surface area contributed by atoms with Crippen molar-refractivity contribution in [2.24, 2.45) is 0 Å². The van der Waals surface area contributed by atoms with Gasteiger partial charge >= 0.3 is 0 Å². The predicted octanol–water partition coefficient (Wildman–Crippen LogP) is 3.34. The molecule has 39 heavy (non-hydrogen) atoms. The fraction of sp³-hybridized carbons (Fsp3) is 0.385. The maximum Gasteiger partial charge on any atom is 0.258 e. The van der Waals surface area contributed by atoms with Crippen LogP contribution in [0.25, 0.3) is 0 Å². The molecule has 1 fully saturated rings. The van der Waals surface area contributed by atoms with Crippen molar-refractivity contribution in [1.29, 1.82) is 0 Å². The number of sulfonamides is 1. The van der Waals surface area contributed by atoms with Crippen molar-refractivity contribution in [3.8, 4) is 0 Å². The van der Waals surface area contributed by atoms with E-state index in [0.717, 1.165) is 35.0 Å². The van der Waals surface area contributed by atoms with Crippen LogP contribution in [0.1, 0.15) is 34.5 Å². The molecule has 2 aromatic carbocycles. The Morgan fingerprint density at radius 1 is 1.13 bits per heavy atom. The Hall–Kier alpha value is -3.55. The summed E-state index contributed by atoms with van der Waals surface area (Å²) in [5, 5.41) is 13.4. The number of carbonyl (C=O) groups is 1. The van der Waals surface area contributed by atoms with Crippen molar-refractivity contribution in [3.63, 3.8) is 0 Å². The minimum atomic E-state index is -4.19. The summed E-state index contributed by atoms with van der Waals surface area (Å²) in [4.78, 5) is 14.9. The Morgan fingerprint density at radius 2 is 1.85 bits per heavy atom. The molecular weight excluding hydrogens is 530 g/mol. The lowest BCUT2D eigenvalue weighted by molar-refractivity contribution is 0.0904. The number of nitrogens with one attached hydrogen (secondary N) is 3. The SMILES string of the molecule is CN(C)c1ccc(C(=O)Nc2n[nH]c3c2CN(S(=O)(=O)c2cc(F)cc(F)c2)CC3)c(NC2CCOCC2)c1. The van der Waals surface area contributed by atoms with Crippen molar-refractivity contribution >= 4 is 33.1 Å². The Balaban J connectivity index is 1.38. The molecule has 0 saturated carbocycles. The first-order valence-electron chi connectivity index (χ1n) is 12.6. The lowest BCUT2D eigenvalue weighted by Gasteiger charge is -2.27. The molecule has 10 nitrogen and oxygen atoms in total. The largest absolute Gasteiger partial charge is 0.381 e. The van der Waals surface area contributed by atoms with Crippen LogP contribution in [0.5, 0.6) is 0 Å². The van der Waals surface area contributed by atoms with E-state index in [1.54, 1.807) is 6.07 Å². The highest BCUT2D eigenvalue weighted by atomic mass is 32.2. The summed E-state index contributed by atoms with van der Waals surface area (Å²) < 4.78 is 60.3. The van der Waals surface area contributed by atoms with Gasteiger partial charge in [0.05, 0.1) is 10.5 Å². The molecule has 5 rings (SSSR count). The van der Waals surface area contributed by atoms with Crippen LogP contribution < -0.4 is 15.5 Å². The first-order valence-corrected chi connectivity index (χ1v) is 14.0. The molecule has 0 radical (unpaired) electrons. The minimum absolute atomic E-state index is 0.0915. The molecule has 0 bridgehead atoms. The standard InChI is InChI=1S/C26H30F2N6O4S/c1-33(2)19-3-4-21(24(14-19)29-18-6-9-38-10-7-18)26(35)30-25-22-15-34(8-5-23(22)31-32-25)39(36,37)20-12-16(27)11-17(28)13-20/h3-4,11-14,18,29H,5-10,15H2,1-2H3,(H2,30,31,32,35). The lowest BCUT2D eigenvalue weighted by Crippen LogP contribution is -2.36. The van der Waals surface area contributed by atoms with Gasteiger partial charge in [0.15, 0.2) is 5.82 Å². The van der Waals surface area contributed by atoms with E-state index in [9.17, 15) is 22.0 Å². The molecule has 3 N–H and O–H groups in total. The number of hydrogen-bond donors (Lipinski definition) is 3. The molecule has 0 atom stereocenters. The van der Waals surface area contributed by atoms with E-state index in [1.807, 2.05) is 31.1 Å². The molecule has 2 aliphatic rings. The molecule has 0 aliphatic carbocycles. The monoisotopic (exact) mass is 560 g/mol. The third kappa shape index (κ3) is 5.75. The molecule has 0 spiro atoms. The van der Waals surface area contributed by atoms with Crippen molar-refractivity contribution < 1.29 is 26.7 Å². The lowest BCUT2D eigenvalue weighted by atomic mass is 10.1. The fourth-order valence-corrected chi connectivity index (χ4v) is 6.22. The zero-order chi connectivity index (χ0) is 27.7. The molecule has 2 aliphatic heterocycles. The van der Waals surface area contributed by atoms with Crippen LogP contribution in [0.15, 0.2) is 41.3 Å². The van der Waals surface area contributed by atoms with E-state index in [0.29, 0.717) is 48.2 Å². The van der Waals surface area contributed by atoms with Gasteiger partial charge in [0.2, 0.25) is 10.0 Å². The molecule has 13 heteroatoms. The number of anilines is 3. The number of aromatic amines is 1. The van der Waals surface area contributed by atoms with E-state index in [-0.39, 0.29) is 24.9 Å². The number of aromatic nitrogens is 2. The molecule has 3 aromatic rings. The number of fused-ring (bicyclic) bond motifs is 1. The van der Waals surface area contributed by atoms with Crippen LogP contribution >= 0.6 is 0 Å². The summed E-state index contributed by atoms with van der Waals surface area (Å²) in [6.07, 6.45) is 1.93. The number of halogens is 2. The molecule has 0 unspecified atom stereocenters. The Labute approximate surface area is 225 Å². The van der Waals surface area contributed by atoms with Gasteiger partial charge in [-0.15, -0.1) is 0 Å². The van der Waals surface area contributed by atoms with Crippen LogP contribution in [-0.4, -0.2) is 68.7 Å². The van der Waals surface area contributed by atoms with Gasteiger partial charge in [-0.2, -0.15) is 9.40 Å². The van der Waals surface area contributed by atoms with Gasteiger partial charge in [0.1, 0.15) is 11.6 Å². The number of nitrogens with zero attached hydrogens (tertiary/aromatic N) is 3. The average molecular weight is 561 g/mol. The van der Waals surface area contributed by atoms with Crippen molar-refractivity contribution in [2.45, 2.75) is 36.7 Å². The zero-order valence-corrected chi connectivity index (χ0v) is 22.4. The van der Waals surface area contributed by atoms with Crippen molar-refractivity contribution in [3.05, 3.63) is 64.9 Å². The van der Waals surface area contributed by atoms with Gasteiger partial charge in [0.25, 0.3) is 5.91 Å². The second kappa shape index (κ2) is 10.9. The van der Waals surface area contributed by atoms with E-state index in [2.05, 4.69) is 20.8 Å². The quantitative estimate of drug-likeness (QED) is 0.406. The van der Waals surface area contributed by atoms with E-state index in [4.69, 9.17) is 4.74 Å². The number of rotatable bonds is 7. The van der Waals surface area contributed by atoms with Crippen LogP contribution in [-0.2, 0) is 27.7 Å². The first kappa shape index (κ1) is 27.0. The summed E-state index contributed by atoms with van der Waals surface area (Å²) in [7, 11) is -0.351. The van der Waals surface area contributed by atoms with E-state index < -0.39 is 32.5 Å². The van der Waals surface area contributed by atoms with Gasteiger partial charge in [-0.25, -0.2) is 17.2 Å². The van der Waals surface area contributed by atoms with Crippen molar-refractivity contribution in [2.75, 3.05) is 49.4 Å². The van der Waals surface area contributed by atoms with Gasteiger partial charge in [-0.3, -0.25) is 9.89 Å². The molecule has 1 amide bonds. The topological polar surface area (TPSA) is 120 Å². The summed E-state index contributed by atoms with van der Waals surface area (Å²) >= 11 is 0. The van der Waals surface area contributed by atoms with Crippen LogP contribution in [0.3, 0.4) is 0 Å². The van der Waals surface area contributed by atoms with E-state index in [1.165, 1.54) is 0 Å². The third-order valence-corrected chi connectivity index (χ3v) is 8.77. The second-order valence-corrected chi connectivity index (χ2v) is 11.8. The van der Waals surface area contributed by atoms with Gasteiger partial charge in [-0.05, 0) is 43.2 Å². The Morgan fingerprint density at radius 3 is 2.54 bits per heavy atom. The van der Waals surface area contributed by atoms with Crippen LogP contribution in [0, 0.1) is 11.6 Å². The van der Waals surface area contributed by atoms with Crippen LogP contribution in [0.2, 0.25) is 0 Å². The summed E-state index contributed by atoms with van der Waals surface area (Å²) in [5.74, 6) is -2.16. The molecule has 208 valence electrons. The highest BCUT2D eigenvalue weighted by molar-refractivity contribution is 7.89. The van der Waals surface area contributed by atoms with Crippen LogP contribution in [0.4, 0.5) is 26.0 Å².